The lowest BCUT2D eigenvalue weighted by molar-refractivity contribution is 0.0937. The summed E-state index contributed by atoms with van der Waals surface area (Å²) in [4.78, 5) is 15.2. The number of piperidine rings is 1. The Balaban J connectivity index is 1.43. The maximum absolute atomic E-state index is 13.1. The maximum atomic E-state index is 13.1. The minimum absolute atomic E-state index is 0.0131. The molecule has 3 aromatic rings. The second-order valence-corrected chi connectivity index (χ2v) is 7.33. The zero-order chi connectivity index (χ0) is 17.9. The van der Waals surface area contributed by atoms with Gasteiger partial charge in [-0.25, -0.2) is 4.39 Å². The van der Waals surface area contributed by atoms with E-state index in [1.165, 1.54) is 23.5 Å². The molecular weight excluding hydrogens is 351 g/mol. The molecule has 0 radical (unpaired) electrons. The summed E-state index contributed by atoms with van der Waals surface area (Å²) in [6, 6.07) is 12.1. The first kappa shape index (κ1) is 16.8. The lowest BCUT2D eigenvalue weighted by Gasteiger charge is -2.33. The fourth-order valence-electron chi connectivity index (χ4n) is 3.22. The summed E-state index contributed by atoms with van der Waals surface area (Å²) in [5.41, 5.74) is 1.74. The van der Waals surface area contributed by atoms with E-state index in [-0.39, 0.29) is 17.8 Å². The topological polar surface area (TPSA) is 61.0 Å². The average Bonchev–Trinajstić information content (AvgIpc) is 3.35. The quantitative estimate of drug-likeness (QED) is 0.737. The molecule has 26 heavy (non-hydrogen) atoms. The van der Waals surface area contributed by atoms with Crippen LogP contribution in [0.4, 0.5) is 10.2 Å². The molecule has 134 valence electrons. The largest absolute Gasteiger partial charge is 0.353 e. The number of carbonyl (C=O) groups excluding carboxylic acids is 1. The number of aromatic nitrogens is 2. The number of carbonyl (C=O) groups is 1. The summed E-state index contributed by atoms with van der Waals surface area (Å²) >= 11 is 1.45. The number of hydrogen-bond acceptors (Lipinski definition) is 4. The molecule has 2 aromatic heterocycles. The number of halogens is 1. The van der Waals surface area contributed by atoms with Crippen molar-refractivity contribution >= 4 is 23.1 Å². The smallest absolute Gasteiger partial charge is 0.261 e. The molecule has 1 saturated heterocycles. The van der Waals surface area contributed by atoms with E-state index < -0.39 is 0 Å². The summed E-state index contributed by atoms with van der Waals surface area (Å²) in [7, 11) is 0. The number of anilines is 1. The third kappa shape index (κ3) is 3.62. The van der Waals surface area contributed by atoms with Crippen LogP contribution in [-0.2, 0) is 0 Å². The lowest BCUT2D eigenvalue weighted by atomic mass is 10.1. The molecule has 1 fully saturated rings. The van der Waals surface area contributed by atoms with E-state index in [4.69, 9.17) is 0 Å². The van der Waals surface area contributed by atoms with Crippen LogP contribution in [0.15, 0.2) is 47.8 Å². The molecule has 0 saturated carbocycles. The van der Waals surface area contributed by atoms with Gasteiger partial charge in [0.05, 0.1) is 10.6 Å². The van der Waals surface area contributed by atoms with Crippen molar-refractivity contribution < 1.29 is 9.18 Å². The highest BCUT2D eigenvalue weighted by molar-refractivity contribution is 7.12. The summed E-state index contributed by atoms with van der Waals surface area (Å²) < 4.78 is 13.1. The van der Waals surface area contributed by atoms with Gasteiger partial charge in [0, 0.05) is 25.2 Å². The second kappa shape index (κ2) is 7.29. The molecule has 7 heteroatoms. The Bertz CT molecular complexity index is 875. The third-order valence-electron chi connectivity index (χ3n) is 4.55. The van der Waals surface area contributed by atoms with Crippen LogP contribution in [-0.4, -0.2) is 35.2 Å². The molecule has 5 nitrogen and oxygen atoms in total. The van der Waals surface area contributed by atoms with Crippen molar-refractivity contribution in [3.05, 3.63) is 58.5 Å². The second-order valence-electron chi connectivity index (χ2n) is 6.38. The fourth-order valence-corrected chi connectivity index (χ4v) is 3.84. The predicted octanol–water partition coefficient (Wildman–Crippen LogP) is 3.68. The molecule has 0 aliphatic carbocycles. The molecule has 0 spiro atoms. The Hall–Kier alpha value is -2.67. The van der Waals surface area contributed by atoms with Crippen LogP contribution in [0, 0.1) is 5.82 Å². The van der Waals surface area contributed by atoms with E-state index in [0.717, 1.165) is 47.9 Å². The summed E-state index contributed by atoms with van der Waals surface area (Å²) in [6.45, 7) is 1.63. The van der Waals surface area contributed by atoms with Gasteiger partial charge in [-0.05, 0) is 54.1 Å². The average molecular weight is 370 g/mol. The summed E-state index contributed by atoms with van der Waals surface area (Å²) in [5, 5.41) is 12.4. The number of thiophene rings is 1. The Morgan fingerprint density at radius 1 is 1.31 bits per heavy atom. The van der Waals surface area contributed by atoms with Gasteiger partial charge in [0.25, 0.3) is 5.91 Å². The highest BCUT2D eigenvalue weighted by Gasteiger charge is 2.23. The van der Waals surface area contributed by atoms with E-state index in [1.54, 1.807) is 12.1 Å². The van der Waals surface area contributed by atoms with Crippen LogP contribution in [0.2, 0.25) is 0 Å². The predicted molar refractivity (Wildman–Crippen MR) is 101 cm³/mol. The number of benzene rings is 1. The molecule has 1 aliphatic rings. The first-order valence-corrected chi connectivity index (χ1v) is 9.48. The number of aromatic amines is 1. The number of H-pyrrole nitrogens is 1. The molecule has 1 aromatic carbocycles. The van der Waals surface area contributed by atoms with Crippen LogP contribution in [0.1, 0.15) is 22.5 Å². The van der Waals surface area contributed by atoms with Gasteiger partial charge in [0.15, 0.2) is 5.82 Å². The van der Waals surface area contributed by atoms with Crippen molar-refractivity contribution in [2.24, 2.45) is 0 Å². The van der Waals surface area contributed by atoms with Crippen LogP contribution < -0.4 is 10.2 Å². The molecule has 1 aliphatic heterocycles. The molecular formula is C19H19FN4OS. The van der Waals surface area contributed by atoms with E-state index in [0.29, 0.717) is 0 Å². The third-order valence-corrected chi connectivity index (χ3v) is 5.41. The highest BCUT2D eigenvalue weighted by atomic mass is 32.1. The van der Waals surface area contributed by atoms with Gasteiger partial charge in [-0.1, -0.05) is 6.07 Å². The van der Waals surface area contributed by atoms with E-state index in [2.05, 4.69) is 20.4 Å². The molecule has 3 heterocycles. The number of amides is 1. The Labute approximate surface area is 154 Å². The van der Waals surface area contributed by atoms with E-state index in [9.17, 15) is 9.18 Å². The van der Waals surface area contributed by atoms with Gasteiger partial charge in [-0.15, -0.1) is 11.3 Å². The van der Waals surface area contributed by atoms with E-state index in [1.807, 2.05) is 23.6 Å². The van der Waals surface area contributed by atoms with Gasteiger partial charge >= 0.3 is 0 Å². The van der Waals surface area contributed by atoms with Crippen LogP contribution >= 0.6 is 11.3 Å². The van der Waals surface area contributed by atoms with Crippen LogP contribution in [0.5, 0.6) is 0 Å². The molecule has 2 N–H and O–H groups in total. The molecule has 1 atom stereocenters. The minimum atomic E-state index is -0.256. The van der Waals surface area contributed by atoms with Gasteiger partial charge < -0.3 is 10.2 Å². The maximum Gasteiger partial charge on any atom is 0.261 e. The molecule has 0 bridgehead atoms. The first-order valence-electron chi connectivity index (χ1n) is 8.60. The van der Waals surface area contributed by atoms with Crippen molar-refractivity contribution in [2.75, 3.05) is 18.0 Å². The lowest BCUT2D eigenvalue weighted by Crippen LogP contribution is -2.47. The van der Waals surface area contributed by atoms with Crippen LogP contribution in [0.3, 0.4) is 0 Å². The Morgan fingerprint density at radius 2 is 2.15 bits per heavy atom. The molecule has 1 amide bonds. The SMILES string of the molecule is O=C(N[C@@H]1CCCN(c2cc(-c3ccc(F)cc3)[nH]n2)C1)c1cccs1. The van der Waals surface area contributed by atoms with Gasteiger partial charge in [-0.2, -0.15) is 5.10 Å². The molecule has 4 rings (SSSR count). The summed E-state index contributed by atoms with van der Waals surface area (Å²) in [6.07, 6.45) is 1.96. The number of nitrogens with one attached hydrogen (secondary N) is 2. The minimum Gasteiger partial charge on any atom is -0.353 e. The van der Waals surface area contributed by atoms with Crippen molar-refractivity contribution in [2.45, 2.75) is 18.9 Å². The Kier molecular flexibility index (Phi) is 4.71. The monoisotopic (exact) mass is 370 g/mol. The van der Waals surface area contributed by atoms with Gasteiger partial charge in [0.1, 0.15) is 5.82 Å². The standard InChI is InChI=1S/C19H19FN4OS/c20-14-7-5-13(6-8-14)16-11-18(23-22-16)24-9-1-3-15(12-24)21-19(25)17-4-2-10-26-17/h2,4-8,10-11,15H,1,3,9,12H2,(H,21,25)(H,22,23)/t15-/m1/s1. The van der Waals surface area contributed by atoms with Crippen molar-refractivity contribution in [3.63, 3.8) is 0 Å². The van der Waals surface area contributed by atoms with Crippen molar-refractivity contribution in [3.8, 4) is 11.3 Å². The van der Waals surface area contributed by atoms with Crippen LogP contribution in [0.25, 0.3) is 11.3 Å². The van der Waals surface area contributed by atoms with E-state index >= 15 is 0 Å². The molecule has 0 unspecified atom stereocenters. The zero-order valence-corrected chi connectivity index (χ0v) is 14.9. The van der Waals surface area contributed by atoms with Crippen molar-refractivity contribution in [1.29, 1.82) is 0 Å². The van der Waals surface area contributed by atoms with Gasteiger partial charge in [-0.3, -0.25) is 9.89 Å². The Morgan fingerprint density at radius 3 is 2.92 bits per heavy atom. The number of nitrogens with zero attached hydrogens (tertiary/aromatic N) is 2. The number of rotatable bonds is 4. The number of hydrogen-bond donors (Lipinski definition) is 2. The highest BCUT2D eigenvalue weighted by Crippen LogP contribution is 2.24. The summed E-state index contributed by atoms with van der Waals surface area (Å²) in [5.74, 6) is 0.578. The zero-order valence-electron chi connectivity index (χ0n) is 14.1. The fraction of sp³-hybridized carbons (Fsp3) is 0.263. The first-order chi connectivity index (χ1) is 12.7. The van der Waals surface area contributed by atoms with Gasteiger partial charge in [0.2, 0.25) is 0 Å². The van der Waals surface area contributed by atoms with Crippen molar-refractivity contribution in [1.82, 2.24) is 15.5 Å². The normalized spacial score (nSPS) is 17.3.